The summed E-state index contributed by atoms with van der Waals surface area (Å²) in [4.78, 5) is 0. The van der Waals surface area contributed by atoms with Crippen molar-refractivity contribution < 1.29 is 10.2 Å². The first kappa shape index (κ1) is 21.2. The molecule has 32 heavy (non-hydrogen) atoms. The van der Waals surface area contributed by atoms with Crippen LogP contribution in [0.2, 0.25) is 0 Å². The van der Waals surface area contributed by atoms with Crippen LogP contribution in [0.25, 0.3) is 0 Å². The highest BCUT2D eigenvalue weighted by molar-refractivity contribution is 5.22. The molecule has 5 aliphatic carbocycles. The topological polar surface area (TPSA) is 82.1 Å². The third kappa shape index (κ3) is 2.78. The van der Waals surface area contributed by atoms with E-state index in [4.69, 9.17) is 5.26 Å². The van der Waals surface area contributed by atoms with Gasteiger partial charge in [-0.25, -0.2) is 0 Å². The van der Waals surface area contributed by atoms with Crippen LogP contribution in [0.3, 0.4) is 0 Å². The number of fused-ring (bicyclic) bond motifs is 7. The summed E-state index contributed by atoms with van der Waals surface area (Å²) in [6.45, 7) is 7.20. The van der Waals surface area contributed by atoms with Crippen LogP contribution in [-0.2, 0) is 6.54 Å². The molecule has 2 N–H and O–H groups in total. The highest BCUT2D eigenvalue weighted by Gasteiger charge is 2.69. The van der Waals surface area contributed by atoms with Crippen molar-refractivity contribution in [1.29, 1.82) is 5.26 Å². The Hall–Kier alpha value is -1.38. The van der Waals surface area contributed by atoms with Gasteiger partial charge in [0.2, 0.25) is 0 Å². The van der Waals surface area contributed by atoms with Gasteiger partial charge < -0.3 is 10.2 Å². The molecule has 0 aliphatic heterocycles. The fraction of sp³-hybridized carbons (Fsp3) is 0.852. The third-order valence-corrected chi connectivity index (χ3v) is 11.6. The average molecular weight is 438 g/mol. The normalized spacial score (nSPS) is 50.9. The molecular weight excluding hydrogens is 398 g/mol. The number of aliphatic hydroxyl groups is 2. The third-order valence-electron chi connectivity index (χ3n) is 11.6. The molecule has 6 rings (SSSR count). The van der Waals surface area contributed by atoms with E-state index in [9.17, 15) is 10.2 Å². The van der Waals surface area contributed by atoms with E-state index >= 15 is 0 Å². The lowest BCUT2D eigenvalue weighted by molar-refractivity contribution is -0.119. The molecule has 0 radical (unpaired) electrons. The Balaban J connectivity index is 1.21. The molecule has 0 spiro atoms. The van der Waals surface area contributed by atoms with E-state index in [0.717, 1.165) is 36.5 Å². The molecule has 0 bridgehead atoms. The predicted molar refractivity (Wildman–Crippen MR) is 121 cm³/mol. The van der Waals surface area contributed by atoms with Gasteiger partial charge in [-0.05, 0) is 111 Å². The van der Waals surface area contributed by atoms with E-state index in [1.165, 1.54) is 38.5 Å². The zero-order valence-electron chi connectivity index (χ0n) is 19.9. The van der Waals surface area contributed by atoms with Crippen LogP contribution in [0.1, 0.15) is 77.7 Å². The maximum atomic E-state index is 11.7. The Morgan fingerprint density at radius 1 is 1.12 bits per heavy atom. The lowest BCUT2D eigenvalue weighted by atomic mass is 9.49. The van der Waals surface area contributed by atoms with Gasteiger partial charge in [0.05, 0.1) is 29.5 Å². The van der Waals surface area contributed by atoms with Gasteiger partial charge in [-0.15, -0.1) is 0 Å². The monoisotopic (exact) mass is 437 g/mol. The van der Waals surface area contributed by atoms with Crippen molar-refractivity contribution in [2.45, 2.75) is 89.9 Å². The largest absolute Gasteiger partial charge is 0.389 e. The highest BCUT2D eigenvalue weighted by atomic mass is 16.3. The van der Waals surface area contributed by atoms with Gasteiger partial charge in [0.25, 0.3) is 0 Å². The fourth-order valence-corrected chi connectivity index (χ4v) is 10.2. The van der Waals surface area contributed by atoms with E-state index in [0.29, 0.717) is 29.9 Å². The van der Waals surface area contributed by atoms with Crippen LogP contribution in [0, 0.1) is 64.1 Å². The summed E-state index contributed by atoms with van der Waals surface area (Å²) >= 11 is 0. The van der Waals surface area contributed by atoms with Crippen molar-refractivity contribution in [1.82, 2.24) is 9.78 Å². The molecule has 5 fully saturated rings. The standard InChI is InChI=1S/C27H39N3O2/c1-16-24-21-5-4-20-18(19(21)9-11-27(16,24)32)8-10-25(2)22(20)6-7-23(25)26(3,31)15-30-14-17(12-28)13-29-30/h13-14,16,18-24,31-32H,4-11,15H2,1-3H3/t16?,18-,19-,20-,21+,22+,23+,24?,25+,26?,27+/m1/s1. The van der Waals surface area contributed by atoms with Crippen LogP contribution in [-0.4, -0.2) is 31.2 Å². The second kappa shape index (κ2) is 6.83. The molecule has 5 nitrogen and oxygen atoms in total. The Kier molecular flexibility index (Phi) is 4.52. The minimum atomic E-state index is -0.822. The van der Waals surface area contributed by atoms with E-state index in [1.807, 2.05) is 6.92 Å². The molecule has 174 valence electrons. The number of hydrogen-bond donors (Lipinski definition) is 2. The van der Waals surface area contributed by atoms with Crippen LogP contribution in [0.15, 0.2) is 12.4 Å². The molecule has 0 aromatic carbocycles. The van der Waals surface area contributed by atoms with Gasteiger partial charge in [0.15, 0.2) is 0 Å². The summed E-state index contributed by atoms with van der Waals surface area (Å²) in [6, 6.07) is 2.14. The minimum absolute atomic E-state index is 0.186. The fourth-order valence-electron chi connectivity index (χ4n) is 10.2. The SMILES string of the molecule is CC1C2[C@H]3CC[C@@H]4[C@H](CC[C@]5(C)[C@@H](C(C)(O)Cn6cc(C#N)cn6)CC[C@@H]45)[C@H]3CC[C@]12O. The van der Waals surface area contributed by atoms with E-state index in [2.05, 4.69) is 25.0 Å². The highest BCUT2D eigenvalue weighted by Crippen LogP contribution is 2.71. The Morgan fingerprint density at radius 2 is 1.84 bits per heavy atom. The lowest BCUT2D eigenvalue weighted by Gasteiger charge is -2.57. The Morgan fingerprint density at radius 3 is 2.59 bits per heavy atom. The molecule has 1 aromatic rings. The number of hydrogen-bond acceptors (Lipinski definition) is 4. The minimum Gasteiger partial charge on any atom is -0.389 e. The molecule has 3 unspecified atom stereocenters. The van der Waals surface area contributed by atoms with Gasteiger partial charge in [0, 0.05) is 6.20 Å². The molecular formula is C27H39N3O2. The first-order valence-electron chi connectivity index (χ1n) is 13.1. The molecule has 1 aromatic heterocycles. The van der Waals surface area contributed by atoms with Crippen LogP contribution >= 0.6 is 0 Å². The number of rotatable bonds is 3. The quantitative estimate of drug-likeness (QED) is 0.735. The molecule has 0 saturated heterocycles. The summed E-state index contributed by atoms with van der Waals surface area (Å²) in [5, 5.41) is 36.1. The first-order chi connectivity index (χ1) is 15.2. The van der Waals surface area contributed by atoms with E-state index < -0.39 is 5.60 Å². The molecule has 0 amide bonds. The van der Waals surface area contributed by atoms with Crippen molar-refractivity contribution >= 4 is 0 Å². The molecule has 11 atom stereocenters. The molecule has 1 heterocycles. The van der Waals surface area contributed by atoms with Crippen molar-refractivity contribution in [3.05, 3.63) is 18.0 Å². The van der Waals surface area contributed by atoms with Crippen molar-refractivity contribution in [2.24, 2.45) is 52.8 Å². The zero-order chi connectivity index (χ0) is 22.5. The lowest BCUT2D eigenvalue weighted by Crippen LogP contribution is -2.53. The summed E-state index contributed by atoms with van der Waals surface area (Å²) in [6.07, 6.45) is 13.1. The Labute approximate surface area is 192 Å². The van der Waals surface area contributed by atoms with Crippen molar-refractivity contribution in [3.8, 4) is 6.07 Å². The van der Waals surface area contributed by atoms with Crippen molar-refractivity contribution in [3.63, 3.8) is 0 Å². The number of nitrogens with zero attached hydrogens (tertiary/aromatic N) is 3. The molecule has 5 saturated carbocycles. The van der Waals surface area contributed by atoms with E-state index in [1.54, 1.807) is 17.1 Å². The van der Waals surface area contributed by atoms with Crippen LogP contribution < -0.4 is 0 Å². The van der Waals surface area contributed by atoms with Crippen molar-refractivity contribution in [2.75, 3.05) is 0 Å². The average Bonchev–Trinajstić information content (AvgIpc) is 3.09. The molecule has 5 aliphatic rings. The zero-order valence-corrected chi connectivity index (χ0v) is 19.9. The Bertz CT molecular complexity index is 949. The number of aromatic nitrogens is 2. The van der Waals surface area contributed by atoms with Gasteiger partial charge in [-0.3, -0.25) is 4.68 Å². The smallest absolute Gasteiger partial charge is 0.102 e. The van der Waals surface area contributed by atoms with E-state index in [-0.39, 0.29) is 16.9 Å². The summed E-state index contributed by atoms with van der Waals surface area (Å²) in [5.41, 5.74) is -0.410. The second-order valence-electron chi connectivity index (χ2n) is 12.8. The number of nitriles is 1. The van der Waals surface area contributed by atoms with Gasteiger partial charge >= 0.3 is 0 Å². The maximum Gasteiger partial charge on any atom is 0.102 e. The van der Waals surface area contributed by atoms with Crippen LogP contribution in [0.4, 0.5) is 0 Å². The predicted octanol–water partition coefficient (Wildman–Crippen LogP) is 4.38. The summed E-state index contributed by atoms with van der Waals surface area (Å²) < 4.78 is 1.76. The summed E-state index contributed by atoms with van der Waals surface area (Å²) in [7, 11) is 0. The van der Waals surface area contributed by atoms with Gasteiger partial charge in [0.1, 0.15) is 6.07 Å². The van der Waals surface area contributed by atoms with Gasteiger partial charge in [-0.1, -0.05) is 13.8 Å². The molecule has 5 heteroatoms. The second-order valence-corrected chi connectivity index (χ2v) is 12.8. The first-order valence-corrected chi connectivity index (χ1v) is 13.1. The van der Waals surface area contributed by atoms with Gasteiger partial charge in [-0.2, -0.15) is 10.4 Å². The maximum absolute atomic E-state index is 11.7. The summed E-state index contributed by atoms with van der Waals surface area (Å²) in [5.74, 6) is 5.27. The van der Waals surface area contributed by atoms with Crippen LogP contribution in [0.5, 0.6) is 0 Å².